The van der Waals surface area contributed by atoms with Gasteiger partial charge < -0.3 is 14.4 Å². The predicted molar refractivity (Wildman–Crippen MR) is 99.4 cm³/mol. The van der Waals surface area contributed by atoms with Crippen LogP contribution in [0.1, 0.15) is 63.7 Å². The Kier molecular flexibility index (Phi) is 7.51. The molecule has 2 heterocycles. The molecule has 0 radical (unpaired) electrons. The maximum atomic E-state index is 13.0. The fraction of sp³-hybridized carbons (Fsp3) is 0.684. The normalized spacial score (nSPS) is 17.8. The first-order chi connectivity index (χ1) is 12.0. The standard InChI is InChI=1S/C19H29ClN2O3/c1-5-13(3)22(14(4)6-2)19(23)15-11-17(20)18(21-12-15)25-16-7-9-24-10-8-16/h11-14,16H,5-10H2,1-4H3. The van der Waals surface area contributed by atoms with Gasteiger partial charge in [-0.15, -0.1) is 0 Å². The van der Waals surface area contributed by atoms with E-state index in [1.807, 2.05) is 4.90 Å². The van der Waals surface area contributed by atoms with Crippen molar-refractivity contribution in [2.45, 2.75) is 71.6 Å². The molecule has 1 amide bonds. The third-order valence-electron chi connectivity index (χ3n) is 4.87. The Bertz CT molecular complexity index is 566. The molecule has 0 spiro atoms. The highest BCUT2D eigenvalue weighted by Gasteiger charge is 2.26. The highest BCUT2D eigenvalue weighted by Crippen LogP contribution is 2.27. The largest absolute Gasteiger partial charge is 0.473 e. The molecule has 0 N–H and O–H groups in total. The quantitative estimate of drug-likeness (QED) is 0.718. The van der Waals surface area contributed by atoms with Crippen molar-refractivity contribution in [2.24, 2.45) is 0 Å². The molecular formula is C19H29ClN2O3. The first-order valence-electron chi connectivity index (χ1n) is 9.20. The molecule has 2 rings (SSSR count). The summed E-state index contributed by atoms with van der Waals surface area (Å²) in [5, 5.41) is 0.380. The van der Waals surface area contributed by atoms with E-state index in [1.165, 1.54) is 0 Å². The summed E-state index contributed by atoms with van der Waals surface area (Å²) in [4.78, 5) is 19.2. The van der Waals surface area contributed by atoms with Gasteiger partial charge in [-0.05, 0) is 32.8 Å². The van der Waals surface area contributed by atoms with E-state index >= 15 is 0 Å². The van der Waals surface area contributed by atoms with Gasteiger partial charge in [0.25, 0.3) is 5.91 Å². The van der Waals surface area contributed by atoms with Crippen LogP contribution in [0.3, 0.4) is 0 Å². The molecule has 2 atom stereocenters. The number of carbonyl (C=O) groups excluding carboxylic acids is 1. The van der Waals surface area contributed by atoms with Gasteiger partial charge in [0, 0.05) is 31.1 Å². The SMILES string of the molecule is CCC(C)N(C(=O)c1cnc(OC2CCOCC2)c(Cl)c1)C(C)CC. The first kappa shape index (κ1) is 20.0. The molecule has 5 nitrogen and oxygen atoms in total. The second-order valence-corrected chi connectivity index (χ2v) is 7.07. The van der Waals surface area contributed by atoms with E-state index in [0.717, 1.165) is 25.7 Å². The van der Waals surface area contributed by atoms with Crippen LogP contribution in [0.5, 0.6) is 5.88 Å². The molecule has 1 aromatic heterocycles. The second kappa shape index (κ2) is 9.39. The number of pyridine rings is 1. The van der Waals surface area contributed by atoms with E-state index in [4.69, 9.17) is 21.1 Å². The molecule has 2 unspecified atom stereocenters. The lowest BCUT2D eigenvalue weighted by atomic mass is 10.1. The third-order valence-corrected chi connectivity index (χ3v) is 5.14. The van der Waals surface area contributed by atoms with Crippen molar-refractivity contribution in [3.8, 4) is 5.88 Å². The minimum Gasteiger partial charge on any atom is -0.473 e. The predicted octanol–water partition coefficient (Wildman–Crippen LogP) is 4.33. The molecule has 6 heteroatoms. The summed E-state index contributed by atoms with van der Waals surface area (Å²) < 4.78 is 11.2. The first-order valence-corrected chi connectivity index (χ1v) is 9.58. The Labute approximate surface area is 155 Å². The Hall–Kier alpha value is -1.33. The molecule has 0 aliphatic carbocycles. The zero-order valence-electron chi connectivity index (χ0n) is 15.6. The third kappa shape index (κ3) is 5.08. The Morgan fingerprint density at radius 2 is 1.92 bits per heavy atom. The molecule has 1 aliphatic heterocycles. The van der Waals surface area contributed by atoms with Gasteiger partial charge in [-0.3, -0.25) is 4.79 Å². The summed E-state index contributed by atoms with van der Waals surface area (Å²) in [6.45, 7) is 9.70. The highest BCUT2D eigenvalue weighted by molar-refractivity contribution is 6.32. The number of rotatable bonds is 7. The summed E-state index contributed by atoms with van der Waals surface area (Å²) in [5.41, 5.74) is 0.505. The smallest absolute Gasteiger partial charge is 0.255 e. The van der Waals surface area contributed by atoms with Crippen molar-refractivity contribution >= 4 is 17.5 Å². The van der Waals surface area contributed by atoms with Crippen LogP contribution in [0.4, 0.5) is 0 Å². The van der Waals surface area contributed by atoms with E-state index in [2.05, 4.69) is 32.7 Å². The molecule has 1 saturated heterocycles. The van der Waals surface area contributed by atoms with Crippen molar-refractivity contribution in [3.63, 3.8) is 0 Å². The second-order valence-electron chi connectivity index (χ2n) is 6.67. The van der Waals surface area contributed by atoms with Crippen LogP contribution in [0.2, 0.25) is 5.02 Å². The van der Waals surface area contributed by atoms with Gasteiger partial charge in [0.15, 0.2) is 0 Å². The van der Waals surface area contributed by atoms with Gasteiger partial charge in [0.1, 0.15) is 11.1 Å². The molecule has 140 valence electrons. The molecular weight excluding hydrogens is 340 g/mol. The van der Waals surface area contributed by atoms with Gasteiger partial charge in [-0.1, -0.05) is 25.4 Å². The van der Waals surface area contributed by atoms with Crippen molar-refractivity contribution < 1.29 is 14.3 Å². The van der Waals surface area contributed by atoms with Gasteiger partial charge in [-0.2, -0.15) is 0 Å². The van der Waals surface area contributed by atoms with Crippen molar-refractivity contribution in [1.29, 1.82) is 0 Å². The van der Waals surface area contributed by atoms with Crippen molar-refractivity contribution in [1.82, 2.24) is 9.88 Å². The average molecular weight is 369 g/mol. The maximum Gasteiger partial charge on any atom is 0.255 e. The number of hydrogen-bond acceptors (Lipinski definition) is 4. The van der Waals surface area contributed by atoms with E-state index < -0.39 is 0 Å². The zero-order chi connectivity index (χ0) is 18.4. The molecule has 0 saturated carbocycles. The van der Waals surface area contributed by atoms with E-state index in [9.17, 15) is 4.79 Å². The maximum absolute atomic E-state index is 13.0. The highest BCUT2D eigenvalue weighted by atomic mass is 35.5. The Morgan fingerprint density at radius 1 is 1.32 bits per heavy atom. The Morgan fingerprint density at radius 3 is 2.44 bits per heavy atom. The summed E-state index contributed by atoms with van der Waals surface area (Å²) in [6.07, 6.45) is 5.10. The zero-order valence-corrected chi connectivity index (χ0v) is 16.4. The van der Waals surface area contributed by atoms with Crippen LogP contribution in [-0.4, -0.2) is 47.2 Å². The van der Waals surface area contributed by atoms with E-state index in [0.29, 0.717) is 29.7 Å². The molecule has 1 fully saturated rings. The summed E-state index contributed by atoms with van der Waals surface area (Å²) >= 11 is 6.33. The molecule has 1 aromatic rings. The lowest BCUT2D eigenvalue weighted by Crippen LogP contribution is -2.44. The Balaban J connectivity index is 2.15. The lowest BCUT2D eigenvalue weighted by Gasteiger charge is -2.34. The van der Waals surface area contributed by atoms with E-state index in [-0.39, 0.29) is 24.1 Å². The number of halogens is 1. The fourth-order valence-corrected chi connectivity index (χ4v) is 3.17. The van der Waals surface area contributed by atoms with Crippen LogP contribution >= 0.6 is 11.6 Å². The van der Waals surface area contributed by atoms with Gasteiger partial charge >= 0.3 is 0 Å². The monoisotopic (exact) mass is 368 g/mol. The molecule has 1 aliphatic rings. The van der Waals surface area contributed by atoms with Gasteiger partial charge in [0.2, 0.25) is 5.88 Å². The van der Waals surface area contributed by atoms with Crippen LogP contribution in [0.25, 0.3) is 0 Å². The average Bonchev–Trinajstić information content (AvgIpc) is 2.63. The minimum absolute atomic E-state index is 0.0317. The molecule has 0 bridgehead atoms. The van der Waals surface area contributed by atoms with Crippen LogP contribution in [-0.2, 0) is 4.74 Å². The van der Waals surface area contributed by atoms with Gasteiger partial charge in [-0.25, -0.2) is 4.98 Å². The summed E-state index contributed by atoms with van der Waals surface area (Å²) in [7, 11) is 0. The number of amides is 1. The molecule has 0 aromatic carbocycles. The topological polar surface area (TPSA) is 51.7 Å². The minimum atomic E-state index is -0.0317. The van der Waals surface area contributed by atoms with Crippen molar-refractivity contribution in [2.75, 3.05) is 13.2 Å². The molecule has 25 heavy (non-hydrogen) atoms. The van der Waals surface area contributed by atoms with Crippen LogP contribution in [0.15, 0.2) is 12.3 Å². The number of hydrogen-bond donors (Lipinski definition) is 0. The fourth-order valence-electron chi connectivity index (χ4n) is 2.96. The van der Waals surface area contributed by atoms with Crippen molar-refractivity contribution in [3.05, 3.63) is 22.8 Å². The van der Waals surface area contributed by atoms with Gasteiger partial charge in [0.05, 0.1) is 18.8 Å². The number of carbonyl (C=O) groups is 1. The van der Waals surface area contributed by atoms with Crippen LogP contribution in [0, 0.1) is 0 Å². The van der Waals surface area contributed by atoms with Crippen LogP contribution < -0.4 is 4.74 Å². The summed E-state index contributed by atoms with van der Waals surface area (Å²) in [5.74, 6) is 0.361. The number of nitrogens with zero attached hydrogens (tertiary/aromatic N) is 2. The lowest BCUT2D eigenvalue weighted by molar-refractivity contribution is 0.0237. The number of ether oxygens (including phenoxy) is 2. The van der Waals surface area contributed by atoms with E-state index in [1.54, 1.807) is 12.3 Å². The summed E-state index contributed by atoms with van der Waals surface area (Å²) in [6, 6.07) is 2.00. The number of aromatic nitrogens is 1.